The van der Waals surface area contributed by atoms with Crippen molar-refractivity contribution in [3.8, 4) is 0 Å². The first-order valence-electron chi connectivity index (χ1n) is 7.74. The molecule has 0 aliphatic carbocycles. The number of amides is 4. The summed E-state index contributed by atoms with van der Waals surface area (Å²) in [5.41, 5.74) is 13.6. The summed E-state index contributed by atoms with van der Waals surface area (Å²) in [5, 5.41) is 3.71. The summed E-state index contributed by atoms with van der Waals surface area (Å²) in [7, 11) is 0. The van der Waals surface area contributed by atoms with Crippen molar-refractivity contribution >= 4 is 29.5 Å². The molecule has 132 valence electrons. The topological polar surface area (TPSA) is 148 Å². The molecule has 0 bridgehead atoms. The normalized spacial score (nSPS) is 13.8. The van der Waals surface area contributed by atoms with E-state index in [4.69, 9.17) is 11.5 Å². The second kappa shape index (κ2) is 8.04. The zero-order valence-electron chi connectivity index (χ0n) is 13.5. The van der Waals surface area contributed by atoms with Crippen LogP contribution in [-0.2, 0) is 9.59 Å². The van der Waals surface area contributed by atoms with Crippen molar-refractivity contribution < 1.29 is 19.2 Å². The van der Waals surface area contributed by atoms with Gasteiger partial charge in [0.15, 0.2) is 0 Å². The lowest BCUT2D eigenvalue weighted by atomic mass is 10.1. The summed E-state index contributed by atoms with van der Waals surface area (Å²) in [6.07, 6.45) is 0.670. The highest BCUT2D eigenvalue weighted by Gasteiger charge is 2.34. The van der Waals surface area contributed by atoms with Crippen LogP contribution in [0.4, 0.5) is 0 Å². The average Bonchev–Trinajstić information content (AvgIpc) is 2.82. The van der Waals surface area contributed by atoms with Crippen LogP contribution < -0.4 is 16.9 Å². The minimum Gasteiger partial charge on any atom is -0.386 e. The van der Waals surface area contributed by atoms with Crippen LogP contribution in [0.15, 0.2) is 29.4 Å². The summed E-state index contributed by atoms with van der Waals surface area (Å²) < 4.78 is 0. The maximum Gasteiger partial charge on any atom is 0.261 e. The van der Waals surface area contributed by atoms with Crippen molar-refractivity contribution in [1.82, 2.24) is 10.3 Å². The number of benzene rings is 1. The van der Waals surface area contributed by atoms with Gasteiger partial charge in [-0.2, -0.15) is 5.10 Å². The SMILES string of the molecule is NC(=O)CCCC(=O)NN=C(N)CCN1C(=O)c2ccccc2C1=O. The van der Waals surface area contributed by atoms with E-state index in [-0.39, 0.29) is 43.5 Å². The second-order valence-corrected chi connectivity index (χ2v) is 5.52. The fourth-order valence-electron chi connectivity index (χ4n) is 2.34. The van der Waals surface area contributed by atoms with Crippen LogP contribution in [0, 0.1) is 0 Å². The van der Waals surface area contributed by atoms with Gasteiger partial charge in [0.25, 0.3) is 11.8 Å². The summed E-state index contributed by atoms with van der Waals surface area (Å²) in [4.78, 5) is 47.5. The van der Waals surface area contributed by atoms with E-state index in [1.54, 1.807) is 24.3 Å². The van der Waals surface area contributed by atoms with E-state index in [9.17, 15) is 19.2 Å². The Morgan fingerprint density at radius 1 is 1.00 bits per heavy atom. The highest BCUT2D eigenvalue weighted by molar-refractivity contribution is 6.21. The molecule has 0 fully saturated rings. The molecule has 4 amide bonds. The Hall–Kier alpha value is -3.23. The molecule has 2 rings (SSSR count). The third-order valence-corrected chi connectivity index (χ3v) is 3.62. The molecule has 25 heavy (non-hydrogen) atoms. The summed E-state index contributed by atoms with van der Waals surface area (Å²) in [5.74, 6) is -1.53. The fourth-order valence-corrected chi connectivity index (χ4v) is 2.34. The third-order valence-electron chi connectivity index (χ3n) is 3.62. The zero-order valence-corrected chi connectivity index (χ0v) is 13.5. The van der Waals surface area contributed by atoms with Crippen LogP contribution in [0.2, 0.25) is 0 Å². The number of carbonyl (C=O) groups excluding carboxylic acids is 4. The standard InChI is InChI=1S/C16H19N5O4/c17-12(19-20-14(23)7-3-6-13(18)22)8-9-21-15(24)10-4-1-2-5-11(10)16(21)25/h1-2,4-5H,3,6-9H2,(H2,17,19)(H2,18,22)(H,20,23). The van der Waals surface area contributed by atoms with Crippen molar-refractivity contribution in [2.24, 2.45) is 16.6 Å². The van der Waals surface area contributed by atoms with Crippen molar-refractivity contribution in [3.63, 3.8) is 0 Å². The summed E-state index contributed by atoms with van der Waals surface area (Å²) in [6, 6.07) is 6.58. The van der Waals surface area contributed by atoms with Gasteiger partial charge in [0, 0.05) is 25.8 Å². The molecule has 0 atom stereocenters. The van der Waals surface area contributed by atoms with Crippen molar-refractivity contribution in [1.29, 1.82) is 0 Å². The van der Waals surface area contributed by atoms with Crippen LogP contribution in [-0.4, -0.2) is 40.9 Å². The van der Waals surface area contributed by atoms with Gasteiger partial charge >= 0.3 is 0 Å². The monoisotopic (exact) mass is 345 g/mol. The number of hydrogen-bond donors (Lipinski definition) is 3. The fraction of sp³-hybridized carbons (Fsp3) is 0.312. The summed E-state index contributed by atoms with van der Waals surface area (Å²) in [6.45, 7) is 0.0687. The molecular weight excluding hydrogens is 326 g/mol. The zero-order chi connectivity index (χ0) is 18.4. The molecule has 9 heteroatoms. The Labute approximate surface area is 144 Å². The van der Waals surface area contributed by atoms with Gasteiger partial charge in [-0.1, -0.05) is 12.1 Å². The number of amidine groups is 1. The number of hydrazone groups is 1. The Morgan fingerprint density at radius 3 is 2.16 bits per heavy atom. The largest absolute Gasteiger partial charge is 0.386 e. The number of hydrogen-bond acceptors (Lipinski definition) is 5. The number of carbonyl (C=O) groups is 4. The number of fused-ring (bicyclic) bond motifs is 1. The second-order valence-electron chi connectivity index (χ2n) is 5.52. The number of rotatable bonds is 8. The smallest absolute Gasteiger partial charge is 0.261 e. The molecule has 1 aliphatic rings. The van der Waals surface area contributed by atoms with Gasteiger partial charge in [0.1, 0.15) is 5.84 Å². The predicted molar refractivity (Wildman–Crippen MR) is 89.2 cm³/mol. The van der Waals surface area contributed by atoms with Crippen molar-refractivity contribution in [2.45, 2.75) is 25.7 Å². The van der Waals surface area contributed by atoms with Crippen LogP contribution >= 0.6 is 0 Å². The molecule has 0 radical (unpaired) electrons. The minimum absolute atomic E-state index is 0.0687. The molecule has 9 nitrogen and oxygen atoms in total. The van der Waals surface area contributed by atoms with E-state index >= 15 is 0 Å². The molecule has 1 aromatic carbocycles. The van der Waals surface area contributed by atoms with Crippen LogP contribution in [0.1, 0.15) is 46.4 Å². The number of nitrogens with two attached hydrogens (primary N) is 2. The predicted octanol–water partition coefficient (Wildman–Crippen LogP) is -0.283. The number of nitrogens with one attached hydrogen (secondary N) is 1. The van der Waals surface area contributed by atoms with E-state index in [1.807, 2.05) is 0 Å². The van der Waals surface area contributed by atoms with Gasteiger partial charge in [-0.15, -0.1) is 0 Å². The van der Waals surface area contributed by atoms with Crippen molar-refractivity contribution in [2.75, 3.05) is 6.54 Å². The van der Waals surface area contributed by atoms with E-state index in [1.165, 1.54) is 0 Å². The Kier molecular flexibility index (Phi) is 5.83. The first kappa shape index (κ1) is 18.1. The van der Waals surface area contributed by atoms with E-state index in [2.05, 4.69) is 10.5 Å². The lowest BCUT2D eigenvalue weighted by Crippen LogP contribution is -2.34. The Balaban J connectivity index is 1.81. The van der Waals surface area contributed by atoms with Crippen LogP contribution in [0.25, 0.3) is 0 Å². The van der Waals surface area contributed by atoms with Crippen LogP contribution in [0.3, 0.4) is 0 Å². The first-order valence-corrected chi connectivity index (χ1v) is 7.74. The van der Waals surface area contributed by atoms with E-state index < -0.39 is 11.8 Å². The lowest BCUT2D eigenvalue weighted by Gasteiger charge is -2.13. The Bertz CT molecular complexity index is 709. The van der Waals surface area contributed by atoms with Gasteiger partial charge in [0.2, 0.25) is 11.8 Å². The molecule has 5 N–H and O–H groups in total. The maximum absolute atomic E-state index is 12.2. The molecule has 0 spiro atoms. The molecule has 0 unspecified atom stereocenters. The molecular formula is C16H19N5O4. The number of imide groups is 1. The van der Waals surface area contributed by atoms with Gasteiger partial charge in [-0.25, -0.2) is 5.43 Å². The molecule has 1 aliphatic heterocycles. The molecule has 1 aromatic rings. The maximum atomic E-state index is 12.2. The van der Waals surface area contributed by atoms with Gasteiger partial charge in [-0.05, 0) is 18.6 Å². The van der Waals surface area contributed by atoms with Crippen LogP contribution in [0.5, 0.6) is 0 Å². The third kappa shape index (κ3) is 4.63. The number of primary amides is 1. The van der Waals surface area contributed by atoms with E-state index in [0.717, 1.165) is 4.90 Å². The first-order chi connectivity index (χ1) is 11.9. The molecule has 1 heterocycles. The van der Waals surface area contributed by atoms with Gasteiger partial charge < -0.3 is 11.5 Å². The van der Waals surface area contributed by atoms with Crippen molar-refractivity contribution in [3.05, 3.63) is 35.4 Å². The van der Waals surface area contributed by atoms with Gasteiger partial charge in [0.05, 0.1) is 11.1 Å². The Morgan fingerprint density at radius 2 is 1.60 bits per heavy atom. The lowest BCUT2D eigenvalue weighted by molar-refractivity contribution is -0.121. The summed E-state index contributed by atoms with van der Waals surface area (Å²) >= 11 is 0. The van der Waals surface area contributed by atoms with E-state index in [0.29, 0.717) is 17.5 Å². The quantitative estimate of drug-likeness (QED) is 0.256. The molecule has 0 saturated heterocycles. The highest BCUT2D eigenvalue weighted by Crippen LogP contribution is 2.22. The number of nitrogens with zero attached hydrogens (tertiary/aromatic N) is 2. The minimum atomic E-state index is -0.475. The molecule has 0 saturated carbocycles. The molecule has 0 aromatic heterocycles. The average molecular weight is 345 g/mol. The van der Waals surface area contributed by atoms with Gasteiger partial charge in [-0.3, -0.25) is 24.1 Å². The highest BCUT2D eigenvalue weighted by atomic mass is 16.2.